The van der Waals surface area contributed by atoms with Crippen molar-refractivity contribution in [1.82, 2.24) is 0 Å². The minimum absolute atomic E-state index is 0.109. The summed E-state index contributed by atoms with van der Waals surface area (Å²) in [7, 11) is 1.71. The number of methoxy groups -OCH3 is 1. The molecule has 0 saturated carbocycles. The number of phenols is 2. The van der Waals surface area contributed by atoms with Crippen molar-refractivity contribution in [3.8, 4) is 11.5 Å². The molecule has 1 aromatic carbocycles. The van der Waals surface area contributed by atoms with Crippen LogP contribution < -0.4 is 0 Å². The number of rotatable bonds is 10. The van der Waals surface area contributed by atoms with Gasteiger partial charge in [0.2, 0.25) is 0 Å². The van der Waals surface area contributed by atoms with Crippen LogP contribution in [0.2, 0.25) is 5.02 Å². The van der Waals surface area contributed by atoms with E-state index in [1.54, 1.807) is 14.0 Å². The highest BCUT2D eigenvalue weighted by molar-refractivity contribution is 6.33. The van der Waals surface area contributed by atoms with Gasteiger partial charge in [-0.25, -0.2) is 0 Å². The third-order valence-electron chi connectivity index (χ3n) is 3.91. The van der Waals surface area contributed by atoms with Gasteiger partial charge < -0.3 is 14.9 Å². The van der Waals surface area contributed by atoms with Gasteiger partial charge in [0.25, 0.3) is 0 Å². The molecule has 0 aromatic heterocycles. The van der Waals surface area contributed by atoms with Gasteiger partial charge >= 0.3 is 0 Å². The van der Waals surface area contributed by atoms with Crippen LogP contribution >= 0.6 is 11.6 Å². The van der Waals surface area contributed by atoms with Gasteiger partial charge in [-0.1, -0.05) is 37.3 Å². The van der Waals surface area contributed by atoms with Gasteiger partial charge in [-0.15, -0.1) is 0 Å². The van der Waals surface area contributed by atoms with E-state index in [2.05, 4.69) is 0 Å². The van der Waals surface area contributed by atoms with Gasteiger partial charge in [-0.05, 0) is 31.7 Å². The zero-order valence-corrected chi connectivity index (χ0v) is 14.1. The van der Waals surface area contributed by atoms with Crippen LogP contribution in [0.5, 0.6) is 11.5 Å². The Morgan fingerprint density at radius 3 is 2.23 bits per heavy atom. The number of hydrogen-bond donors (Lipinski definition) is 2. The van der Waals surface area contributed by atoms with Crippen molar-refractivity contribution in [2.24, 2.45) is 0 Å². The average Bonchev–Trinajstić information content (AvgIpc) is 2.51. The van der Waals surface area contributed by atoms with Crippen molar-refractivity contribution in [3.63, 3.8) is 0 Å². The molecule has 0 bridgehead atoms. The second-order valence-corrected chi connectivity index (χ2v) is 5.89. The van der Waals surface area contributed by atoms with Crippen molar-refractivity contribution in [1.29, 1.82) is 0 Å². The fraction of sp³-hybridized carbons (Fsp3) is 0.588. The molecule has 0 aliphatic carbocycles. The van der Waals surface area contributed by atoms with Crippen LogP contribution in [0.25, 0.3) is 0 Å². The van der Waals surface area contributed by atoms with E-state index in [9.17, 15) is 15.0 Å². The molecular formula is C17H25ClO4. The van der Waals surface area contributed by atoms with Crippen molar-refractivity contribution < 1.29 is 19.7 Å². The van der Waals surface area contributed by atoms with Gasteiger partial charge in [0.15, 0.2) is 6.29 Å². The van der Waals surface area contributed by atoms with Gasteiger partial charge in [0.05, 0.1) is 10.6 Å². The Bertz CT molecular complexity index is 500. The molecule has 4 nitrogen and oxygen atoms in total. The molecule has 0 saturated heterocycles. The average molecular weight is 329 g/mol. The van der Waals surface area contributed by atoms with Gasteiger partial charge in [-0.3, -0.25) is 4.79 Å². The highest BCUT2D eigenvalue weighted by Gasteiger charge is 2.19. The normalized spacial score (nSPS) is 10.9. The van der Waals surface area contributed by atoms with Gasteiger partial charge in [-0.2, -0.15) is 0 Å². The summed E-state index contributed by atoms with van der Waals surface area (Å²) in [6.07, 6.45) is 7.41. The van der Waals surface area contributed by atoms with E-state index >= 15 is 0 Å². The highest BCUT2D eigenvalue weighted by Crippen LogP contribution is 2.40. The van der Waals surface area contributed by atoms with Crippen LogP contribution in [0.15, 0.2) is 0 Å². The minimum Gasteiger partial charge on any atom is -0.507 e. The molecule has 5 heteroatoms. The summed E-state index contributed by atoms with van der Waals surface area (Å²) >= 11 is 6.02. The maximum atomic E-state index is 11.1. The molecule has 0 aliphatic rings. The summed E-state index contributed by atoms with van der Waals surface area (Å²) in [5, 5.41) is 20.3. The lowest BCUT2D eigenvalue weighted by Crippen LogP contribution is -1.97. The van der Waals surface area contributed by atoms with Crippen LogP contribution in [0.3, 0.4) is 0 Å². The lowest BCUT2D eigenvalue weighted by molar-refractivity contribution is 0.112. The van der Waals surface area contributed by atoms with Crippen molar-refractivity contribution in [3.05, 3.63) is 21.7 Å². The number of ether oxygens (including phenoxy) is 1. The molecule has 1 aromatic rings. The van der Waals surface area contributed by atoms with E-state index < -0.39 is 0 Å². The Kier molecular flexibility index (Phi) is 8.28. The van der Waals surface area contributed by atoms with Crippen molar-refractivity contribution in [2.45, 2.75) is 51.9 Å². The number of unbranched alkanes of at least 4 members (excludes halogenated alkanes) is 5. The van der Waals surface area contributed by atoms with Gasteiger partial charge in [0, 0.05) is 19.3 Å². The Balaban J connectivity index is 2.53. The minimum atomic E-state index is -0.144. The number of benzene rings is 1. The quantitative estimate of drug-likeness (QED) is 0.493. The third-order valence-corrected chi connectivity index (χ3v) is 4.37. The van der Waals surface area contributed by atoms with E-state index in [4.69, 9.17) is 16.3 Å². The fourth-order valence-corrected chi connectivity index (χ4v) is 2.73. The zero-order chi connectivity index (χ0) is 16.5. The summed E-state index contributed by atoms with van der Waals surface area (Å²) in [6, 6.07) is 0. The van der Waals surface area contributed by atoms with Crippen LogP contribution in [-0.4, -0.2) is 30.2 Å². The second-order valence-electron chi connectivity index (χ2n) is 5.51. The summed E-state index contributed by atoms with van der Waals surface area (Å²) in [4.78, 5) is 11.1. The first kappa shape index (κ1) is 18.8. The number of aromatic hydroxyl groups is 2. The summed E-state index contributed by atoms with van der Waals surface area (Å²) in [6.45, 7) is 2.41. The number of carbonyl (C=O) groups is 1. The number of hydrogen-bond acceptors (Lipinski definition) is 4. The van der Waals surface area contributed by atoms with Crippen LogP contribution in [0, 0.1) is 6.92 Å². The molecule has 1 rings (SSSR count). The molecule has 0 radical (unpaired) electrons. The van der Waals surface area contributed by atoms with E-state index in [1.165, 1.54) is 0 Å². The first-order valence-corrected chi connectivity index (χ1v) is 8.09. The maximum absolute atomic E-state index is 11.1. The largest absolute Gasteiger partial charge is 0.507 e. The number of halogens is 1. The van der Waals surface area contributed by atoms with E-state index in [1.807, 2.05) is 0 Å². The molecule has 22 heavy (non-hydrogen) atoms. The smallest absolute Gasteiger partial charge is 0.154 e. The topological polar surface area (TPSA) is 66.8 Å². The third kappa shape index (κ3) is 4.89. The molecule has 0 spiro atoms. The first-order chi connectivity index (χ1) is 10.5. The molecule has 2 N–H and O–H groups in total. The molecule has 0 amide bonds. The van der Waals surface area contributed by atoms with Crippen LogP contribution in [-0.2, 0) is 11.2 Å². The van der Waals surface area contributed by atoms with Gasteiger partial charge in [0.1, 0.15) is 11.5 Å². The van der Waals surface area contributed by atoms with Crippen LogP contribution in [0.4, 0.5) is 0 Å². The fourth-order valence-electron chi connectivity index (χ4n) is 2.52. The van der Waals surface area contributed by atoms with Crippen LogP contribution in [0.1, 0.15) is 60.0 Å². The lowest BCUT2D eigenvalue weighted by atomic mass is 9.98. The number of carbonyl (C=O) groups excluding carboxylic acids is 1. The summed E-state index contributed by atoms with van der Waals surface area (Å²) in [5.74, 6) is -0.253. The maximum Gasteiger partial charge on any atom is 0.154 e. The predicted molar refractivity (Wildman–Crippen MR) is 88.2 cm³/mol. The number of phenolic OH excluding ortho intramolecular Hbond substituents is 2. The summed E-state index contributed by atoms with van der Waals surface area (Å²) in [5.41, 5.74) is 0.947. The lowest BCUT2D eigenvalue weighted by Gasteiger charge is -2.13. The zero-order valence-electron chi connectivity index (χ0n) is 13.3. The molecule has 124 valence electrons. The molecule has 0 atom stereocenters. The molecule has 0 fully saturated rings. The van der Waals surface area contributed by atoms with E-state index in [0.717, 1.165) is 45.1 Å². The number of aldehydes is 1. The standard InChI is InChI=1S/C17H25ClO4/c1-12-14(11-19)16(20)13(17(21)15(12)18)9-7-5-3-4-6-8-10-22-2/h11,20-21H,3-10H2,1-2H3. The monoisotopic (exact) mass is 328 g/mol. The molecular weight excluding hydrogens is 304 g/mol. The Labute approximate surface area is 137 Å². The SMILES string of the molecule is COCCCCCCCCc1c(O)c(Cl)c(C)c(C=O)c1O. The highest BCUT2D eigenvalue weighted by atomic mass is 35.5. The Morgan fingerprint density at radius 2 is 1.64 bits per heavy atom. The van der Waals surface area contributed by atoms with Crippen molar-refractivity contribution in [2.75, 3.05) is 13.7 Å². The summed E-state index contributed by atoms with van der Waals surface area (Å²) < 4.78 is 5.00. The molecule has 0 unspecified atom stereocenters. The first-order valence-electron chi connectivity index (χ1n) is 7.71. The second kappa shape index (κ2) is 9.70. The molecule has 0 aliphatic heterocycles. The van der Waals surface area contributed by atoms with E-state index in [0.29, 0.717) is 23.8 Å². The predicted octanol–water partition coefficient (Wildman–Crippen LogP) is 4.40. The molecule has 0 heterocycles. The Morgan fingerprint density at radius 1 is 1.05 bits per heavy atom. The Hall–Kier alpha value is -1.26. The van der Waals surface area contributed by atoms with Crippen molar-refractivity contribution >= 4 is 17.9 Å². The van der Waals surface area contributed by atoms with E-state index in [-0.39, 0.29) is 22.1 Å².